The number of aromatic hydroxyl groups is 1. The number of aromatic nitrogens is 2. The molecule has 7 heteroatoms. The standard InChI is InChI=1S/C21H25N3O4/c1-13-20(27)19(21(28)22-12-18(25)26)24-17(23-13)11-14-7-9-16(10-8-14)15-5-3-2-4-6-15/h7-10,15,27H,2-6,11-12H2,1H3,(H,22,28)(H,25,26). The molecule has 1 aromatic heterocycles. The van der Waals surface area contributed by atoms with Crippen LogP contribution in [0.25, 0.3) is 0 Å². The number of carboxylic acid groups (broad SMARTS) is 1. The average molecular weight is 383 g/mol. The minimum atomic E-state index is -1.17. The van der Waals surface area contributed by atoms with Crippen molar-refractivity contribution in [2.45, 2.75) is 51.4 Å². The van der Waals surface area contributed by atoms with Crippen molar-refractivity contribution in [3.63, 3.8) is 0 Å². The summed E-state index contributed by atoms with van der Waals surface area (Å²) in [6.07, 6.45) is 6.82. The van der Waals surface area contributed by atoms with Crippen molar-refractivity contribution in [3.8, 4) is 5.75 Å². The number of aliphatic carboxylic acids is 1. The summed E-state index contributed by atoms with van der Waals surface area (Å²) in [7, 11) is 0. The van der Waals surface area contributed by atoms with E-state index in [9.17, 15) is 14.7 Å². The van der Waals surface area contributed by atoms with Crippen molar-refractivity contribution >= 4 is 11.9 Å². The van der Waals surface area contributed by atoms with E-state index in [-0.39, 0.29) is 17.1 Å². The van der Waals surface area contributed by atoms with Crippen molar-refractivity contribution < 1.29 is 19.8 Å². The van der Waals surface area contributed by atoms with Gasteiger partial charge in [-0.2, -0.15) is 0 Å². The maximum Gasteiger partial charge on any atom is 0.322 e. The molecule has 0 saturated heterocycles. The minimum absolute atomic E-state index is 0.206. The molecule has 7 nitrogen and oxygen atoms in total. The Bertz CT molecular complexity index is 859. The Hall–Kier alpha value is -2.96. The zero-order valence-corrected chi connectivity index (χ0v) is 15.9. The molecule has 1 amide bonds. The maximum absolute atomic E-state index is 12.1. The number of hydrogen-bond donors (Lipinski definition) is 3. The van der Waals surface area contributed by atoms with E-state index < -0.39 is 18.4 Å². The Morgan fingerprint density at radius 2 is 1.79 bits per heavy atom. The Labute approximate surface area is 163 Å². The molecule has 0 spiro atoms. The van der Waals surface area contributed by atoms with Crippen LogP contribution >= 0.6 is 0 Å². The van der Waals surface area contributed by atoms with E-state index in [1.807, 2.05) is 0 Å². The van der Waals surface area contributed by atoms with Crippen LogP contribution in [0.5, 0.6) is 5.75 Å². The van der Waals surface area contributed by atoms with Gasteiger partial charge in [0.25, 0.3) is 5.91 Å². The van der Waals surface area contributed by atoms with Gasteiger partial charge in [-0.1, -0.05) is 43.5 Å². The fourth-order valence-electron chi connectivity index (χ4n) is 3.63. The first-order valence-electron chi connectivity index (χ1n) is 9.59. The highest BCUT2D eigenvalue weighted by molar-refractivity contribution is 5.96. The van der Waals surface area contributed by atoms with Crippen LogP contribution in [0.15, 0.2) is 24.3 Å². The van der Waals surface area contributed by atoms with Crippen LogP contribution in [0.1, 0.15) is 71.2 Å². The van der Waals surface area contributed by atoms with E-state index in [1.165, 1.54) is 37.7 Å². The van der Waals surface area contributed by atoms with E-state index in [4.69, 9.17) is 5.11 Å². The number of hydrogen-bond acceptors (Lipinski definition) is 5. The molecular weight excluding hydrogens is 358 g/mol. The highest BCUT2D eigenvalue weighted by atomic mass is 16.4. The number of nitrogens with one attached hydrogen (secondary N) is 1. The molecule has 1 saturated carbocycles. The Morgan fingerprint density at radius 3 is 2.43 bits per heavy atom. The molecule has 0 unspecified atom stereocenters. The SMILES string of the molecule is Cc1nc(Cc2ccc(C3CCCCC3)cc2)nc(C(=O)NCC(=O)O)c1O. The molecule has 0 atom stereocenters. The van der Waals surface area contributed by atoms with Crippen molar-refractivity contribution in [3.05, 3.63) is 52.6 Å². The molecule has 2 aromatic rings. The summed E-state index contributed by atoms with van der Waals surface area (Å²) in [5, 5.41) is 21.0. The van der Waals surface area contributed by atoms with Crippen LogP contribution in [-0.4, -0.2) is 38.6 Å². The Morgan fingerprint density at radius 1 is 1.11 bits per heavy atom. The first-order valence-corrected chi connectivity index (χ1v) is 9.59. The van der Waals surface area contributed by atoms with Gasteiger partial charge in [-0.15, -0.1) is 0 Å². The molecule has 1 aliphatic carbocycles. The van der Waals surface area contributed by atoms with Crippen molar-refractivity contribution in [1.82, 2.24) is 15.3 Å². The zero-order valence-electron chi connectivity index (χ0n) is 15.9. The highest BCUT2D eigenvalue weighted by Gasteiger charge is 2.19. The van der Waals surface area contributed by atoms with Crippen LogP contribution < -0.4 is 5.32 Å². The number of rotatable bonds is 6. The lowest BCUT2D eigenvalue weighted by Crippen LogP contribution is -2.30. The van der Waals surface area contributed by atoms with E-state index in [0.717, 1.165) is 5.56 Å². The van der Waals surface area contributed by atoms with Crippen LogP contribution in [0.2, 0.25) is 0 Å². The molecule has 1 aliphatic rings. The molecule has 1 heterocycles. The second kappa shape index (κ2) is 8.82. The van der Waals surface area contributed by atoms with Crippen LogP contribution in [0.4, 0.5) is 0 Å². The predicted octanol–water partition coefficient (Wildman–Crippen LogP) is 2.94. The number of nitrogens with zero attached hydrogens (tertiary/aromatic N) is 2. The largest absolute Gasteiger partial charge is 0.504 e. The number of benzene rings is 1. The fraction of sp³-hybridized carbons (Fsp3) is 0.429. The zero-order chi connectivity index (χ0) is 20.1. The third-order valence-corrected chi connectivity index (χ3v) is 5.14. The minimum Gasteiger partial charge on any atom is -0.504 e. The summed E-state index contributed by atoms with van der Waals surface area (Å²) in [5.41, 5.74) is 2.45. The van der Waals surface area contributed by atoms with Gasteiger partial charge >= 0.3 is 5.97 Å². The lowest BCUT2D eigenvalue weighted by molar-refractivity contribution is -0.135. The summed E-state index contributed by atoms with van der Waals surface area (Å²) >= 11 is 0. The number of aryl methyl sites for hydroxylation is 1. The van der Waals surface area contributed by atoms with Gasteiger partial charge < -0.3 is 15.5 Å². The molecule has 0 bridgehead atoms. The summed E-state index contributed by atoms with van der Waals surface area (Å²) in [4.78, 5) is 31.2. The quantitative estimate of drug-likeness (QED) is 0.707. The number of carboxylic acids is 1. The number of amides is 1. The summed E-state index contributed by atoms with van der Waals surface area (Å²) in [5.74, 6) is -1.20. The van der Waals surface area contributed by atoms with Gasteiger partial charge in [-0.05, 0) is 36.8 Å². The maximum atomic E-state index is 12.1. The average Bonchev–Trinajstić information content (AvgIpc) is 2.70. The summed E-state index contributed by atoms with van der Waals surface area (Å²) in [6, 6.07) is 8.41. The molecule has 3 rings (SSSR count). The Kier molecular flexibility index (Phi) is 6.23. The van der Waals surface area contributed by atoms with Gasteiger partial charge in [0, 0.05) is 6.42 Å². The monoisotopic (exact) mass is 383 g/mol. The van der Waals surface area contributed by atoms with Crippen molar-refractivity contribution in [2.75, 3.05) is 6.54 Å². The van der Waals surface area contributed by atoms with Crippen molar-refractivity contribution in [2.24, 2.45) is 0 Å². The molecule has 1 aromatic carbocycles. The fourth-order valence-corrected chi connectivity index (χ4v) is 3.63. The lowest BCUT2D eigenvalue weighted by Gasteiger charge is -2.22. The van der Waals surface area contributed by atoms with Crippen LogP contribution in [0.3, 0.4) is 0 Å². The predicted molar refractivity (Wildman–Crippen MR) is 103 cm³/mol. The molecule has 1 fully saturated rings. The third-order valence-electron chi connectivity index (χ3n) is 5.14. The van der Waals surface area contributed by atoms with E-state index in [1.54, 1.807) is 6.92 Å². The summed E-state index contributed by atoms with van der Waals surface area (Å²) < 4.78 is 0. The van der Waals surface area contributed by atoms with Gasteiger partial charge in [-0.25, -0.2) is 9.97 Å². The number of carbonyl (C=O) groups is 2. The van der Waals surface area contributed by atoms with E-state index in [2.05, 4.69) is 39.6 Å². The topological polar surface area (TPSA) is 112 Å². The smallest absolute Gasteiger partial charge is 0.322 e. The van der Waals surface area contributed by atoms with Crippen LogP contribution in [0, 0.1) is 6.92 Å². The molecule has 0 radical (unpaired) electrons. The second-order valence-corrected chi connectivity index (χ2v) is 7.25. The normalized spacial score (nSPS) is 14.6. The van der Waals surface area contributed by atoms with Gasteiger partial charge in [0.15, 0.2) is 11.4 Å². The van der Waals surface area contributed by atoms with E-state index in [0.29, 0.717) is 18.2 Å². The van der Waals surface area contributed by atoms with Gasteiger partial charge in [0.2, 0.25) is 0 Å². The first-order chi connectivity index (χ1) is 13.4. The molecule has 3 N–H and O–H groups in total. The lowest BCUT2D eigenvalue weighted by atomic mass is 9.84. The highest BCUT2D eigenvalue weighted by Crippen LogP contribution is 2.32. The Balaban J connectivity index is 1.74. The van der Waals surface area contributed by atoms with Crippen molar-refractivity contribution in [1.29, 1.82) is 0 Å². The second-order valence-electron chi connectivity index (χ2n) is 7.25. The van der Waals surface area contributed by atoms with Gasteiger partial charge in [0.05, 0.1) is 5.69 Å². The molecule has 0 aliphatic heterocycles. The van der Waals surface area contributed by atoms with Gasteiger partial charge in [-0.3, -0.25) is 9.59 Å². The summed E-state index contributed by atoms with van der Waals surface area (Å²) in [6.45, 7) is 1.04. The first kappa shape index (κ1) is 19.8. The number of carbonyl (C=O) groups excluding carboxylic acids is 1. The molecule has 148 valence electrons. The molecule has 28 heavy (non-hydrogen) atoms. The van der Waals surface area contributed by atoms with Crippen LogP contribution in [-0.2, 0) is 11.2 Å². The molecular formula is C21H25N3O4. The van der Waals surface area contributed by atoms with Gasteiger partial charge in [0.1, 0.15) is 12.4 Å². The van der Waals surface area contributed by atoms with E-state index >= 15 is 0 Å². The third kappa shape index (κ3) is 4.85.